The molecule has 0 aliphatic carbocycles. The second kappa shape index (κ2) is 7.23. The molecular formula is C18H24BrN3O2. The summed E-state index contributed by atoms with van der Waals surface area (Å²) in [5.41, 5.74) is 6.84. The molecule has 24 heavy (non-hydrogen) atoms. The van der Waals surface area contributed by atoms with Crippen molar-refractivity contribution in [1.82, 2.24) is 4.90 Å². The topological polar surface area (TPSA) is 66.6 Å². The summed E-state index contributed by atoms with van der Waals surface area (Å²) in [5.74, 6) is -0.336. The van der Waals surface area contributed by atoms with Crippen molar-refractivity contribution < 1.29 is 9.59 Å². The van der Waals surface area contributed by atoms with Crippen LogP contribution in [0, 0.1) is 11.8 Å². The Kier molecular flexibility index (Phi) is 5.25. The number of nitrogens with zero attached hydrogens (tertiary/aromatic N) is 2. The monoisotopic (exact) mass is 393 g/mol. The molecule has 2 heterocycles. The number of carbonyl (C=O) groups is 2. The molecule has 3 rings (SSSR count). The first-order valence-electron chi connectivity index (χ1n) is 8.59. The van der Waals surface area contributed by atoms with Gasteiger partial charge in [0.05, 0.1) is 5.69 Å². The van der Waals surface area contributed by atoms with E-state index in [2.05, 4.69) is 15.9 Å². The van der Waals surface area contributed by atoms with Crippen LogP contribution in [0.2, 0.25) is 0 Å². The number of para-hydroxylation sites is 1. The van der Waals surface area contributed by atoms with Crippen LogP contribution in [0.1, 0.15) is 26.2 Å². The molecule has 130 valence electrons. The average molecular weight is 394 g/mol. The molecule has 2 amide bonds. The van der Waals surface area contributed by atoms with Gasteiger partial charge in [-0.05, 0) is 60.2 Å². The highest BCUT2D eigenvalue weighted by atomic mass is 79.9. The zero-order chi connectivity index (χ0) is 17.3. The van der Waals surface area contributed by atoms with Gasteiger partial charge in [-0.3, -0.25) is 9.59 Å². The van der Waals surface area contributed by atoms with E-state index in [1.807, 2.05) is 36.1 Å². The number of benzene rings is 1. The zero-order valence-corrected chi connectivity index (χ0v) is 15.5. The Hall–Kier alpha value is -1.40. The molecule has 2 aliphatic heterocycles. The van der Waals surface area contributed by atoms with Crippen LogP contribution in [-0.4, -0.2) is 42.4 Å². The fourth-order valence-electron chi connectivity index (χ4n) is 3.68. The molecule has 3 unspecified atom stereocenters. The fourth-order valence-corrected chi connectivity index (χ4v) is 4.18. The van der Waals surface area contributed by atoms with Crippen LogP contribution in [0.25, 0.3) is 0 Å². The van der Waals surface area contributed by atoms with Crippen LogP contribution in [0.5, 0.6) is 0 Å². The molecule has 2 N–H and O–H groups in total. The summed E-state index contributed by atoms with van der Waals surface area (Å²) < 4.78 is 0.876. The molecule has 0 aromatic heterocycles. The maximum atomic E-state index is 12.9. The van der Waals surface area contributed by atoms with Crippen molar-refractivity contribution in [1.29, 1.82) is 0 Å². The molecule has 2 saturated heterocycles. The number of piperidine rings is 1. The number of likely N-dealkylation sites (tertiary alicyclic amines) is 1. The van der Waals surface area contributed by atoms with E-state index in [4.69, 9.17) is 5.73 Å². The Balaban J connectivity index is 1.71. The van der Waals surface area contributed by atoms with Crippen LogP contribution >= 0.6 is 15.9 Å². The molecule has 0 radical (unpaired) electrons. The molecule has 0 saturated carbocycles. The van der Waals surface area contributed by atoms with Gasteiger partial charge in [0.1, 0.15) is 5.92 Å². The lowest BCUT2D eigenvalue weighted by Crippen LogP contribution is -2.48. The first-order chi connectivity index (χ1) is 11.5. The standard InChI is InChI=1S/C18H24BrN3O2/c1-12(20)13-5-4-9-21(11-13)17(23)14-8-10-22(18(14)24)16-7-3-2-6-15(16)19/h2-3,6-7,12-14H,4-5,8-11,20H2,1H3. The summed E-state index contributed by atoms with van der Waals surface area (Å²) in [6, 6.07) is 7.72. The number of anilines is 1. The fraction of sp³-hybridized carbons (Fsp3) is 0.556. The lowest BCUT2D eigenvalue weighted by Gasteiger charge is -2.35. The van der Waals surface area contributed by atoms with Crippen molar-refractivity contribution in [3.63, 3.8) is 0 Å². The first-order valence-corrected chi connectivity index (χ1v) is 9.38. The minimum Gasteiger partial charge on any atom is -0.342 e. The molecule has 1 aromatic rings. The third kappa shape index (κ3) is 3.35. The van der Waals surface area contributed by atoms with Crippen LogP contribution in [0.4, 0.5) is 5.69 Å². The highest BCUT2D eigenvalue weighted by Gasteiger charge is 2.41. The Morgan fingerprint density at radius 3 is 2.75 bits per heavy atom. The lowest BCUT2D eigenvalue weighted by molar-refractivity contribution is -0.141. The third-order valence-electron chi connectivity index (χ3n) is 5.16. The van der Waals surface area contributed by atoms with Gasteiger partial charge in [0.15, 0.2) is 0 Å². The molecule has 2 fully saturated rings. The van der Waals surface area contributed by atoms with E-state index in [0.717, 1.165) is 29.5 Å². The van der Waals surface area contributed by atoms with Gasteiger partial charge in [0.2, 0.25) is 11.8 Å². The quantitative estimate of drug-likeness (QED) is 0.801. The molecule has 5 nitrogen and oxygen atoms in total. The molecule has 6 heteroatoms. The van der Waals surface area contributed by atoms with E-state index >= 15 is 0 Å². The summed E-state index contributed by atoms with van der Waals surface area (Å²) in [7, 11) is 0. The molecule has 2 aliphatic rings. The predicted octanol–water partition coefficient (Wildman–Crippen LogP) is 2.39. The number of rotatable bonds is 3. The number of hydrogen-bond acceptors (Lipinski definition) is 3. The van der Waals surface area contributed by atoms with Crippen molar-refractivity contribution in [2.75, 3.05) is 24.5 Å². The van der Waals surface area contributed by atoms with Crippen LogP contribution in [0.3, 0.4) is 0 Å². The normalized spacial score (nSPS) is 25.9. The molecule has 0 spiro atoms. The number of carbonyl (C=O) groups excluding carboxylic acids is 2. The minimum atomic E-state index is -0.552. The maximum absolute atomic E-state index is 12.9. The summed E-state index contributed by atoms with van der Waals surface area (Å²) in [6.45, 7) is 3.99. The van der Waals surface area contributed by atoms with E-state index in [1.54, 1.807) is 4.90 Å². The summed E-state index contributed by atoms with van der Waals surface area (Å²) in [6.07, 6.45) is 2.61. The van der Waals surface area contributed by atoms with Gasteiger partial charge in [-0.25, -0.2) is 0 Å². The lowest BCUT2D eigenvalue weighted by atomic mass is 9.91. The Bertz CT molecular complexity index is 634. The van der Waals surface area contributed by atoms with Gasteiger partial charge in [-0.2, -0.15) is 0 Å². The zero-order valence-electron chi connectivity index (χ0n) is 14.0. The Labute approximate surface area is 151 Å². The summed E-state index contributed by atoms with van der Waals surface area (Å²) in [4.78, 5) is 29.2. The minimum absolute atomic E-state index is 0.0279. The highest BCUT2D eigenvalue weighted by Crippen LogP contribution is 2.32. The Morgan fingerprint density at radius 2 is 2.04 bits per heavy atom. The second-order valence-electron chi connectivity index (χ2n) is 6.83. The maximum Gasteiger partial charge on any atom is 0.239 e. The van der Waals surface area contributed by atoms with Gasteiger partial charge < -0.3 is 15.5 Å². The molecule has 0 bridgehead atoms. The second-order valence-corrected chi connectivity index (χ2v) is 7.68. The first kappa shape index (κ1) is 17.4. The number of hydrogen-bond donors (Lipinski definition) is 1. The van der Waals surface area contributed by atoms with Gasteiger partial charge in [-0.15, -0.1) is 0 Å². The van der Waals surface area contributed by atoms with E-state index in [9.17, 15) is 9.59 Å². The largest absolute Gasteiger partial charge is 0.342 e. The van der Waals surface area contributed by atoms with Crippen LogP contribution in [-0.2, 0) is 9.59 Å². The Morgan fingerprint density at radius 1 is 1.29 bits per heavy atom. The summed E-state index contributed by atoms with van der Waals surface area (Å²) >= 11 is 3.49. The number of halogens is 1. The molecular weight excluding hydrogens is 370 g/mol. The van der Waals surface area contributed by atoms with Crippen LogP contribution in [0.15, 0.2) is 28.7 Å². The number of amides is 2. The predicted molar refractivity (Wildman–Crippen MR) is 97.6 cm³/mol. The highest BCUT2D eigenvalue weighted by molar-refractivity contribution is 9.10. The van der Waals surface area contributed by atoms with Crippen molar-refractivity contribution in [3.8, 4) is 0 Å². The average Bonchev–Trinajstić information content (AvgIpc) is 2.96. The SMILES string of the molecule is CC(N)C1CCCN(C(=O)C2CCN(c3ccccc3Br)C2=O)C1. The van der Waals surface area contributed by atoms with Crippen molar-refractivity contribution >= 4 is 33.4 Å². The smallest absolute Gasteiger partial charge is 0.239 e. The summed E-state index contributed by atoms with van der Waals surface area (Å²) in [5, 5.41) is 0. The van der Waals surface area contributed by atoms with Crippen LogP contribution < -0.4 is 10.6 Å². The van der Waals surface area contributed by atoms with Gasteiger partial charge in [0.25, 0.3) is 0 Å². The van der Waals surface area contributed by atoms with E-state index in [1.165, 1.54) is 0 Å². The molecule has 3 atom stereocenters. The van der Waals surface area contributed by atoms with Crippen molar-refractivity contribution in [2.45, 2.75) is 32.2 Å². The van der Waals surface area contributed by atoms with Gasteiger partial charge in [0, 0.05) is 30.1 Å². The third-order valence-corrected chi connectivity index (χ3v) is 5.83. The van der Waals surface area contributed by atoms with Gasteiger partial charge >= 0.3 is 0 Å². The van der Waals surface area contributed by atoms with E-state index in [-0.39, 0.29) is 17.9 Å². The molecule has 1 aromatic carbocycles. The van der Waals surface area contributed by atoms with E-state index < -0.39 is 5.92 Å². The van der Waals surface area contributed by atoms with E-state index in [0.29, 0.717) is 25.4 Å². The number of nitrogens with two attached hydrogens (primary N) is 1. The van der Waals surface area contributed by atoms with Crippen molar-refractivity contribution in [2.24, 2.45) is 17.6 Å². The van der Waals surface area contributed by atoms with Crippen molar-refractivity contribution in [3.05, 3.63) is 28.7 Å². The van der Waals surface area contributed by atoms with Gasteiger partial charge in [-0.1, -0.05) is 12.1 Å².